The number of piperidine rings is 1. The summed E-state index contributed by atoms with van der Waals surface area (Å²) in [6.45, 7) is 4.48. The van der Waals surface area contributed by atoms with Crippen molar-refractivity contribution in [3.05, 3.63) is 35.3 Å². The van der Waals surface area contributed by atoms with E-state index in [1.807, 2.05) is 30.5 Å². The lowest BCUT2D eigenvalue weighted by molar-refractivity contribution is 0.154. The largest absolute Gasteiger partial charge is 0.423 e. The van der Waals surface area contributed by atoms with E-state index in [0.29, 0.717) is 12.1 Å². The molecule has 6 heteroatoms. The van der Waals surface area contributed by atoms with E-state index in [9.17, 15) is 0 Å². The molecule has 0 amide bonds. The molecule has 1 atom stereocenters. The van der Waals surface area contributed by atoms with Crippen LogP contribution in [0.5, 0.6) is 0 Å². The van der Waals surface area contributed by atoms with Crippen molar-refractivity contribution in [2.24, 2.45) is 0 Å². The second-order valence-electron chi connectivity index (χ2n) is 6.06. The number of thiazole rings is 1. The van der Waals surface area contributed by atoms with Crippen molar-refractivity contribution in [2.45, 2.75) is 38.8 Å². The number of likely N-dealkylation sites (tertiary alicyclic amines) is 1. The summed E-state index contributed by atoms with van der Waals surface area (Å²) >= 11 is 1.67. The second-order valence-corrected chi connectivity index (χ2v) is 7.17. The Kier molecular flexibility index (Phi) is 4.01. The first kappa shape index (κ1) is 14.7. The van der Waals surface area contributed by atoms with Gasteiger partial charge in [-0.2, -0.15) is 4.98 Å². The number of fused-ring (bicyclic) bond motifs is 1. The average Bonchev–Trinajstić information content (AvgIpc) is 3.16. The van der Waals surface area contributed by atoms with Crippen LogP contribution in [0.2, 0.25) is 0 Å². The van der Waals surface area contributed by atoms with E-state index in [1.165, 1.54) is 30.7 Å². The van der Waals surface area contributed by atoms with Crippen LogP contribution in [0.15, 0.2) is 34.9 Å². The molecule has 1 N–H and O–H groups in total. The zero-order valence-electron chi connectivity index (χ0n) is 13.2. The Balaban J connectivity index is 1.45. The topological polar surface area (TPSA) is 54.2 Å². The summed E-state index contributed by atoms with van der Waals surface area (Å²) in [4.78, 5) is 12.7. The molecule has 0 aliphatic carbocycles. The molecule has 1 fully saturated rings. The van der Waals surface area contributed by atoms with Gasteiger partial charge in [0.25, 0.3) is 0 Å². The van der Waals surface area contributed by atoms with E-state index in [4.69, 9.17) is 4.42 Å². The first-order chi connectivity index (χ1) is 11.3. The molecule has 1 aliphatic rings. The van der Waals surface area contributed by atoms with E-state index in [1.54, 1.807) is 11.3 Å². The first-order valence-electron chi connectivity index (χ1n) is 8.09. The Bertz CT molecular complexity index is 764. The fourth-order valence-corrected chi connectivity index (χ4v) is 3.88. The Morgan fingerprint density at radius 2 is 2.26 bits per heavy atom. The highest BCUT2D eigenvalue weighted by molar-refractivity contribution is 7.15. The van der Waals surface area contributed by atoms with Crippen LogP contribution in [-0.2, 0) is 6.54 Å². The lowest BCUT2D eigenvalue weighted by Gasteiger charge is -2.32. The number of rotatable bonds is 4. The minimum atomic E-state index is 0.499. The van der Waals surface area contributed by atoms with Crippen molar-refractivity contribution >= 4 is 33.6 Å². The van der Waals surface area contributed by atoms with Gasteiger partial charge >= 0.3 is 6.01 Å². The molecule has 1 aromatic carbocycles. The molecule has 3 heterocycles. The van der Waals surface area contributed by atoms with Crippen LogP contribution in [-0.4, -0.2) is 27.5 Å². The van der Waals surface area contributed by atoms with Crippen LogP contribution in [0, 0.1) is 0 Å². The number of benzene rings is 1. The molecule has 5 nitrogen and oxygen atoms in total. The maximum absolute atomic E-state index is 5.68. The maximum atomic E-state index is 5.68. The highest BCUT2D eigenvalue weighted by atomic mass is 32.1. The standard InChI is InChI=1S/C17H20N4OS/c1-12-6-4-5-9-21(12)11-13-10-18-17(23-13)20-16-19-14-7-2-3-8-15(14)22-16/h2-3,7-8,10,12H,4-6,9,11H2,1H3,(H,18,19,20). The number of para-hydroxylation sites is 2. The molecule has 1 aliphatic heterocycles. The number of nitrogens with zero attached hydrogens (tertiary/aromatic N) is 3. The molecule has 0 saturated carbocycles. The minimum Gasteiger partial charge on any atom is -0.423 e. The van der Waals surface area contributed by atoms with Gasteiger partial charge < -0.3 is 4.42 Å². The predicted octanol–water partition coefficient (Wildman–Crippen LogP) is 4.40. The summed E-state index contributed by atoms with van der Waals surface area (Å²) in [5.74, 6) is 0. The number of hydrogen-bond donors (Lipinski definition) is 1. The Morgan fingerprint density at radius 3 is 3.13 bits per heavy atom. The van der Waals surface area contributed by atoms with E-state index in [2.05, 4.69) is 27.1 Å². The summed E-state index contributed by atoms with van der Waals surface area (Å²) in [7, 11) is 0. The van der Waals surface area contributed by atoms with Crippen LogP contribution in [0.1, 0.15) is 31.1 Å². The van der Waals surface area contributed by atoms with Crippen molar-refractivity contribution in [1.82, 2.24) is 14.9 Å². The van der Waals surface area contributed by atoms with E-state index >= 15 is 0 Å². The van der Waals surface area contributed by atoms with Gasteiger partial charge in [0.05, 0.1) is 0 Å². The summed E-state index contributed by atoms with van der Waals surface area (Å²) < 4.78 is 5.68. The van der Waals surface area contributed by atoms with Crippen LogP contribution in [0.3, 0.4) is 0 Å². The molecular formula is C17H20N4OS. The minimum absolute atomic E-state index is 0.499. The van der Waals surface area contributed by atoms with Gasteiger partial charge in [0.1, 0.15) is 5.52 Å². The zero-order chi connectivity index (χ0) is 15.6. The second kappa shape index (κ2) is 6.29. The van der Waals surface area contributed by atoms with Gasteiger partial charge in [-0.05, 0) is 38.4 Å². The normalized spacial score (nSPS) is 19.3. The van der Waals surface area contributed by atoms with Gasteiger partial charge in [-0.25, -0.2) is 4.98 Å². The molecule has 120 valence electrons. The quantitative estimate of drug-likeness (QED) is 0.769. The van der Waals surface area contributed by atoms with Gasteiger partial charge in [-0.1, -0.05) is 18.6 Å². The Labute approximate surface area is 139 Å². The average molecular weight is 328 g/mol. The fraction of sp³-hybridized carbons (Fsp3) is 0.412. The molecule has 0 bridgehead atoms. The number of nitrogens with one attached hydrogen (secondary N) is 1. The summed E-state index contributed by atoms with van der Waals surface area (Å²) in [6, 6.07) is 8.92. The first-order valence-corrected chi connectivity index (χ1v) is 8.91. The van der Waals surface area contributed by atoms with Crippen molar-refractivity contribution in [1.29, 1.82) is 0 Å². The smallest absolute Gasteiger partial charge is 0.302 e. The number of anilines is 2. The van der Waals surface area contributed by atoms with Crippen LogP contribution >= 0.6 is 11.3 Å². The lowest BCUT2D eigenvalue weighted by atomic mass is 10.0. The van der Waals surface area contributed by atoms with Gasteiger partial charge in [0, 0.05) is 23.7 Å². The number of oxazole rings is 1. The van der Waals surface area contributed by atoms with Gasteiger partial charge in [0.2, 0.25) is 0 Å². The third kappa shape index (κ3) is 3.23. The lowest BCUT2D eigenvalue weighted by Crippen LogP contribution is -2.36. The summed E-state index contributed by atoms with van der Waals surface area (Å²) in [5, 5.41) is 4.00. The molecule has 1 unspecified atom stereocenters. The molecule has 1 saturated heterocycles. The molecule has 0 radical (unpaired) electrons. The van der Waals surface area contributed by atoms with E-state index < -0.39 is 0 Å². The monoisotopic (exact) mass is 328 g/mol. The molecule has 3 aromatic rings. The third-order valence-electron chi connectivity index (χ3n) is 4.36. The Morgan fingerprint density at radius 1 is 1.35 bits per heavy atom. The van der Waals surface area contributed by atoms with Crippen molar-refractivity contribution in [2.75, 3.05) is 11.9 Å². The van der Waals surface area contributed by atoms with E-state index in [0.717, 1.165) is 22.8 Å². The maximum Gasteiger partial charge on any atom is 0.302 e. The molecule has 23 heavy (non-hydrogen) atoms. The van der Waals surface area contributed by atoms with Crippen LogP contribution < -0.4 is 5.32 Å². The Hall–Kier alpha value is -1.92. The van der Waals surface area contributed by atoms with Crippen molar-refractivity contribution in [3.8, 4) is 0 Å². The van der Waals surface area contributed by atoms with Crippen LogP contribution in [0.25, 0.3) is 11.1 Å². The number of hydrogen-bond acceptors (Lipinski definition) is 6. The SMILES string of the molecule is CC1CCCCN1Cc1cnc(Nc2nc3ccccc3o2)s1. The van der Waals surface area contributed by atoms with Gasteiger partial charge in [-0.3, -0.25) is 10.2 Å². The van der Waals surface area contributed by atoms with E-state index in [-0.39, 0.29) is 0 Å². The van der Waals surface area contributed by atoms with Crippen molar-refractivity contribution in [3.63, 3.8) is 0 Å². The number of aromatic nitrogens is 2. The highest BCUT2D eigenvalue weighted by Gasteiger charge is 2.19. The zero-order valence-corrected chi connectivity index (χ0v) is 14.0. The predicted molar refractivity (Wildman–Crippen MR) is 93.1 cm³/mol. The third-order valence-corrected chi connectivity index (χ3v) is 5.26. The highest BCUT2D eigenvalue weighted by Crippen LogP contribution is 2.27. The summed E-state index contributed by atoms with van der Waals surface area (Å²) in [6.07, 6.45) is 5.91. The molecular weight excluding hydrogens is 308 g/mol. The van der Waals surface area contributed by atoms with Gasteiger partial charge in [-0.15, -0.1) is 11.3 Å². The molecule has 2 aromatic heterocycles. The van der Waals surface area contributed by atoms with Crippen LogP contribution in [0.4, 0.5) is 11.1 Å². The fourth-order valence-electron chi connectivity index (χ4n) is 3.05. The summed E-state index contributed by atoms with van der Waals surface area (Å²) in [5.41, 5.74) is 1.64. The van der Waals surface area contributed by atoms with Crippen molar-refractivity contribution < 1.29 is 4.42 Å². The van der Waals surface area contributed by atoms with Gasteiger partial charge in [0.15, 0.2) is 10.7 Å². The molecule has 4 rings (SSSR count). The molecule has 0 spiro atoms.